The lowest BCUT2D eigenvalue weighted by Gasteiger charge is -2.46. The maximum atomic E-state index is 2.77. The van der Waals surface area contributed by atoms with Crippen LogP contribution in [0.1, 0.15) is 144 Å². The summed E-state index contributed by atoms with van der Waals surface area (Å²) >= 11 is 0. The Balaban J connectivity index is 1.13. The molecule has 0 aliphatic carbocycles. The highest BCUT2D eigenvalue weighted by atomic mass is 15.2. The van der Waals surface area contributed by atoms with Gasteiger partial charge in [0.1, 0.15) is 0 Å². The van der Waals surface area contributed by atoms with E-state index in [2.05, 4.69) is 365 Å². The Labute approximate surface area is 583 Å². The van der Waals surface area contributed by atoms with Crippen molar-refractivity contribution in [2.75, 3.05) is 9.80 Å². The highest BCUT2D eigenvalue weighted by Crippen LogP contribution is 2.55. The van der Waals surface area contributed by atoms with E-state index in [1.807, 2.05) is 0 Å². The second-order valence-electron chi connectivity index (χ2n) is 31.9. The number of rotatable bonds is 13. The molecular weight excluding hydrogens is 1180 g/mol. The topological polar surface area (TPSA) is 11.4 Å². The monoisotopic (exact) mass is 1270 g/mol. The fourth-order valence-electron chi connectivity index (χ4n) is 15.6. The molecule has 0 atom stereocenters. The predicted molar refractivity (Wildman–Crippen MR) is 425 cm³/mol. The summed E-state index contributed by atoms with van der Waals surface area (Å²) in [7, 11) is 0. The van der Waals surface area contributed by atoms with E-state index in [0.717, 1.165) is 18.5 Å². The summed E-state index contributed by atoms with van der Waals surface area (Å²) in [6, 6.07) is 101. The van der Waals surface area contributed by atoms with Gasteiger partial charge in [-0.05, 0) is 191 Å². The van der Waals surface area contributed by atoms with Gasteiger partial charge in [-0.3, -0.25) is 0 Å². The van der Waals surface area contributed by atoms with E-state index in [-0.39, 0.29) is 28.4 Å². The van der Waals surface area contributed by atoms with Crippen LogP contribution in [0, 0.1) is 0 Å². The van der Waals surface area contributed by atoms with Crippen molar-refractivity contribution in [3.63, 3.8) is 0 Å². The van der Waals surface area contributed by atoms with E-state index in [4.69, 9.17) is 0 Å². The van der Waals surface area contributed by atoms with Gasteiger partial charge < -0.3 is 14.4 Å². The molecule has 0 amide bonds. The smallest absolute Gasteiger partial charge is 0.252 e. The third-order valence-corrected chi connectivity index (χ3v) is 21.0. The van der Waals surface area contributed by atoms with Gasteiger partial charge in [-0.1, -0.05) is 291 Å². The van der Waals surface area contributed by atoms with Crippen LogP contribution in [-0.2, 0) is 28.1 Å². The molecule has 2 aliphatic rings. The molecule has 3 nitrogen and oxygen atoms in total. The largest absolute Gasteiger partial charge is 0.310 e. The van der Waals surface area contributed by atoms with Gasteiger partial charge in [-0.15, -0.1) is 0 Å². The summed E-state index contributed by atoms with van der Waals surface area (Å²) in [5.41, 5.74) is 32.6. The molecule has 0 unspecified atom stereocenters. The van der Waals surface area contributed by atoms with Crippen molar-refractivity contribution in [1.29, 1.82) is 0 Å². The average Bonchev–Trinajstić information content (AvgIpc) is 0.770. The van der Waals surface area contributed by atoms with Crippen molar-refractivity contribution in [1.82, 2.24) is 4.57 Å². The first-order valence-corrected chi connectivity index (χ1v) is 35.9. The molecule has 12 aromatic carbocycles. The molecule has 0 saturated heterocycles. The Morgan fingerprint density at radius 3 is 1.12 bits per heavy atom. The lowest BCUT2D eigenvalue weighted by molar-refractivity contribution is 0.590. The summed E-state index contributed by atoms with van der Waals surface area (Å²) in [4.78, 5) is 5.51. The maximum Gasteiger partial charge on any atom is 0.252 e. The van der Waals surface area contributed by atoms with Gasteiger partial charge in [0.25, 0.3) is 6.71 Å². The molecule has 0 bridgehead atoms. The Morgan fingerprint density at radius 1 is 0.306 bits per heavy atom. The second kappa shape index (κ2) is 24.9. The zero-order chi connectivity index (χ0) is 68.0. The first-order chi connectivity index (χ1) is 47.1. The van der Waals surface area contributed by atoms with Gasteiger partial charge in [-0.25, -0.2) is 0 Å². The number of benzene rings is 12. The van der Waals surface area contributed by atoms with Gasteiger partial charge in [0.2, 0.25) is 0 Å². The predicted octanol–water partition coefficient (Wildman–Crippen LogP) is 24.5. The third kappa shape index (κ3) is 11.6. The van der Waals surface area contributed by atoms with Crippen LogP contribution in [0.5, 0.6) is 0 Å². The van der Waals surface area contributed by atoms with E-state index in [0.29, 0.717) is 0 Å². The number of nitrogens with zero attached hydrogens (tertiary/aromatic N) is 3. The molecule has 4 heteroatoms. The van der Waals surface area contributed by atoms with Crippen LogP contribution in [-0.4, -0.2) is 11.3 Å². The van der Waals surface area contributed by atoms with Gasteiger partial charge in [-0.2, -0.15) is 0 Å². The molecule has 0 saturated carbocycles. The molecule has 1 aromatic heterocycles. The van der Waals surface area contributed by atoms with E-state index in [1.54, 1.807) is 0 Å². The van der Waals surface area contributed by atoms with E-state index < -0.39 is 0 Å². The van der Waals surface area contributed by atoms with Crippen molar-refractivity contribution in [3.8, 4) is 61.3 Å². The summed E-state index contributed by atoms with van der Waals surface area (Å²) in [6.07, 6.45) is 5.56. The van der Waals surface area contributed by atoms with Crippen LogP contribution >= 0.6 is 0 Å². The number of anilines is 6. The normalized spacial score (nSPS) is 13.1. The highest BCUT2D eigenvalue weighted by Gasteiger charge is 2.46. The van der Waals surface area contributed by atoms with Crippen molar-refractivity contribution >= 4 is 79.0 Å². The third-order valence-electron chi connectivity index (χ3n) is 21.0. The zero-order valence-corrected chi connectivity index (χ0v) is 59.8. The average molecular weight is 1270 g/mol. The van der Waals surface area contributed by atoms with Crippen LogP contribution < -0.4 is 26.2 Å². The van der Waals surface area contributed by atoms with Gasteiger partial charge in [0, 0.05) is 61.5 Å². The quantitative estimate of drug-likeness (QED) is 0.0842. The van der Waals surface area contributed by atoms with E-state index in [9.17, 15) is 0 Å². The standard InChI is InChI=1S/C94H92BN3/c1-14-15-16-22-33-62-52-86-88-87(53-62)98(90-76(66-40-29-20-30-41-66)59-72(94(11,12)13)60-77(90)67-42-31-21-32-43-67)85-61-73(96-82-50-45-69(91(2,3)4)55-78(82)79-56-70(92(5,6)7)46-51-83(79)96)47-48-80(85)95(88)81-54-68(63-34-23-17-24-35-63)44-49-84(81)97(86)89-74(64-36-25-18-26-37-64)57-71(93(8,9)10)58-75(89)65-38-27-19-28-39-65/h17-21,23-32,34-61H,14-16,22,33H2,1-13H3. The second-order valence-corrected chi connectivity index (χ2v) is 31.9. The molecule has 0 radical (unpaired) electrons. The minimum atomic E-state index is -0.186. The Hall–Kier alpha value is -9.90. The molecule has 0 fully saturated rings. The summed E-state index contributed by atoms with van der Waals surface area (Å²) in [6.45, 7) is 30.4. The first kappa shape index (κ1) is 64.1. The number of aromatic nitrogens is 1. The minimum absolute atomic E-state index is 0.0402. The molecule has 98 heavy (non-hydrogen) atoms. The van der Waals surface area contributed by atoms with Gasteiger partial charge in [0.15, 0.2) is 0 Å². The number of aryl methyl sites for hydroxylation is 1. The van der Waals surface area contributed by atoms with Crippen LogP contribution in [0.2, 0.25) is 0 Å². The Morgan fingerprint density at radius 2 is 0.714 bits per heavy atom. The Bertz CT molecular complexity index is 4960. The minimum Gasteiger partial charge on any atom is -0.310 e. The molecule has 13 aromatic rings. The summed E-state index contributed by atoms with van der Waals surface area (Å²) in [5, 5.41) is 2.56. The highest BCUT2D eigenvalue weighted by molar-refractivity contribution is 7.00. The fourth-order valence-corrected chi connectivity index (χ4v) is 15.6. The van der Waals surface area contributed by atoms with Crippen LogP contribution in [0.4, 0.5) is 34.1 Å². The lowest BCUT2D eigenvalue weighted by Crippen LogP contribution is -2.61. The van der Waals surface area contributed by atoms with E-state index >= 15 is 0 Å². The number of hydrogen-bond donors (Lipinski definition) is 0. The van der Waals surface area contributed by atoms with Crippen LogP contribution in [0.3, 0.4) is 0 Å². The SMILES string of the molecule is CCCCCCc1cc2c3c(c1)N(c1c(-c4ccccc4)cc(C(C)(C)C)cc1-c1ccccc1)c1cc(-n4c5ccc(C(C)(C)C)cc5c5cc(C(C)(C)C)ccc54)ccc1B3c1cc(-c3ccccc3)ccc1N2c1c(-c2ccccc2)cc(C(C)(C)C)cc1-c1ccccc1. The molecule has 0 spiro atoms. The number of unbranched alkanes of at least 4 members (excludes halogenated alkanes) is 3. The van der Waals surface area contributed by atoms with Crippen molar-refractivity contribution in [2.45, 2.75) is 144 Å². The zero-order valence-electron chi connectivity index (χ0n) is 59.8. The number of hydrogen-bond acceptors (Lipinski definition) is 2. The van der Waals surface area contributed by atoms with Crippen LogP contribution in [0.15, 0.2) is 261 Å². The van der Waals surface area contributed by atoms with Crippen molar-refractivity contribution in [2.24, 2.45) is 0 Å². The molecule has 0 N–H and O–H groups in total. The summed E-state index contributed by atoms with van der Waals surface area (Å²) < 4.78 is 2.58. The van der Waals surface area contributed by atoms with Crippen molar-refractivity contribution < 1.29 is 0 Å². The van der Waals surface area contributed by atoms with E-state index in [1.165, 1.54) is 175 Å². The summed E-state index contributed by atoms with van der Waals surface area (Å²) in [5.74, 6) is 0. The lowest BCUT2D eigenvalue weighted by atomic mass is 9.33. The fraction of sp³-hybridized carbons (Fsp3) is 0.234. The maximum absolute atomic E-state index is 2.77. The van der Waals surface area contributed by atoms with Crippen LogP contribution in [0.25, 0.3) is 83.1 Å². The Kier molecular flexibility index (Phi) is 16.3. The molecular formula is C94H92BN3. The molecule has 3 heterocycles. The number of fused-ring (bicyclic) bond motifs is 7. The molecule has 486 valence electrons. The first-order valence-electron chi connectivity index (χ1n) is 35.9. The molecule has 2 aliphatic heterocycles. The molecule has 15 rings (SSSR count). The van der Waals surface area contributed by atoms with Gasteiger partial charge >= 0.3 is 0 Å². The van der Waals surface area contributed by atoms with Crippen molar-refractivity contribution in [3.05, 3.63) is 289 Å². The van der Waals surface area contributed by atoms with Gasteiger partial charge in [0.05, 0.1) is 22.4 Å².